The van der Waals surface area contributed by atoms with Gasteiger partial charge in [-0.15, -0.1) is 13.2 Å². The Morgan fingerprint density at radius 3 is 2.69 bits per heavy atom. The highest BCUT2D eigenvalue weighted by Gasteiger charge is 2.33. The van der Waals surface area contributed by atoms with Crippen LogP contribution in [-0.2, 0) is 17.9 Å². The lowest BCUT2D eigenvalue weighted by Gasteiger charge is -2.23. The highest BCUT2D eigenvalue weighted by molar-refractivity contribution is 9.10. The molecule has 0 saturated carbocycles. The first-order chi connectivity index (χ1) is 12.2. The van der Waals surface area contributed by atoms with E-state index in [0.29, 0.717) is 5.56 Å². The van der Waals surface area contributed by atoms with Gasteiger partial charge in [0.05, 0.1) is 13.2 Å². The van der Waals surface area contributed by atoms with Crippen molar-refractivity contribution in [2.45, 2.75) is 25.6 Å². The van der Waals surface area contributed by atoms with Gasteiger partial charge in [0.2, 0.25) is 0 Å². The van der Waals surface area contributed by atoms with Gasteiger partial charge in [0.15, 0.2) is 4.60 Å². The topological polar surface area (TPSA) is 88.7 Å². The largest absolute Gasteiger partial charge is 0.573 e. The molecule has 12 heteroatoms. The van der Waals surface area contributed by atoms with Crippen LogP contribution in [0.2, 0.25) is 0 Å². The van der Waals surface area contributed by atoms with Crippen molar-refractivity contribution in [3.05, 3.63) is 44.5 Å². The van der Waals surface area contributed by atoms with Crippen LogP contribution < -0.4 is 9.47 Å². The number of rotatable bonds is 5. The number of benzene rings is 1. The number of aromatic nitrogens is 2. The van der Waals surface area contributed by atoms with Gasteiger partial charge in [0, 0.05) is 4.98 Å². The van der Waals surface area contributed by atoms with E-state index in [9.17, 15) is 23.3 Å². The lowest BCUT2D eigenvalue weighted by Crippen LogP contribution is -2.32. The molecule has 1 aliphatic heterocycles. The number of fused-ring (bicyclic) bond motifs is 1. The number of hydrogen-bond donors (Lipinski definition) is 0. The maximum absolute atomic E-state index is 12.1. The number of hydrogen-bond acceptors (Lipinski definition) is 6. The van der Waals surface area contributed by atoms with E-state index in [-0.39, 0.29) is 41.9 Å². The van der Waals surface area contributed by atoms with Crippen molar-refractivity contribution in [1.82, 2.24) is 9.55 Å². The number of alkyl halides is 3. The molecule has 1 atom stereocenters. The summed E-state index contributed by atoms with van der Waals surface area (Å²) in [6.45, 7) is 0.561. The molecule has 0 saturated heterocycles. The third-order valence-electron chi connectivity index (χ3n) is 3.45. The van der Waals surface area contributed by atoms with Crippen molar-refractivity contribution in [2.24, 2.45) is 0 Å². The van der Waals surface area contributed by atoms with Gasteiger partial charge in [0.1, 0.15) is 18.5 Å². The molecule has 1 aromatic heterocycles. The first-order valence-corrected chi connectivity index (χ1v) is 8.02. The second kappa shape index (κ2) is 7.11. The van der Waals surface area contributed by atoms with Crippen molar-refractivity contribution < 1.29 is 32.3 Å². The predicted molar refractivity (Wildman–Crippen MR) is 83.8 cm³/mol. The van der Waals surface area contributed by atoms with Crippen molar-refractivity contribution >= 4 is 21.7 Å². The molecule has 0 unspecified atom stereocenters. The van der Waals surface area contributed by atoms with Crippen LogP contribution in [0.5, 0.6) is 11.8 Å². The summed E-state index contributed by atoms with van der Waals surface area (Å²) in [7, 11) is 0. The minimum Gasteiger partial charge on any atom is -0.443 e. The molecule has 0 bridgehead atoms. The predicted octanol–water partition coefficient (Wildman–Crippen LogP) is 3.43. The van der Waals surface area contributed by atoms with E-state index in [1.165, 1.54) is 28.8 Å². The van der Waals surface area contributed by atoms with Gasteiger partial charge in [-0.1, -0.05) is 12.1 Å². The van der Waals surface area contributed by atoms with Crippen LogP contribution in [0.15, 0.2) is 28.9 Å². The smallest absolute Gasteiger partial charge is 0.443 e. The quantitative estimate of drug-likeness (QED) is 0.525. The zero-order chi connectivity index (χ0) is 18.9. The molecular weight excluding hydrogens is 427 g/mol. The van der Waals surface area contributed by atoms with E-state index < -0.39 is 17.4 Å². The number of imidazole rings is 1. The Morgan fingerprint density at radius 1 is 1.38 bits per heavy atom. The summed E-state index contributed by atoms with van der Waals surface area (Å²) < 4.78 is 52.8. The van der Waals surface area contributed by atoms with Crippen LogP contribution in [-0.4, -0.2) is 33.5 Å². The van der Waals surface area contributed by atoms with Gasteiger partial charge >= 0.3 is 18.2 Å². The van der Waals surface area contributed by atoms with Crippen LogP contribution in [0, 0.1) is 10.1 Å². The molecule has 0 amide bonds. The fourth-order valence-electron chi connectivity index (χ4n) is 2.31. The van der Waals surface area contributed by atoms with Gasteiger partial charge < -0.3 is 24.3 Å². The number of nitrogens with zero attached hydrogens (tertiary/aromatic N) is 3. The average Bonchev–Trinajstić information content (AvgIpc) is 2.90. The molecular formula is C14H11BrF3N3O5. The van der Waals surface area contributed by atoms with E-state index in [4.69, 9.17) is 9.47 Å². The first-order valence-electron chi connectivity index (χ1n) is 7.22. The molecule has 2 aromatic rings. The van der Waals surface area contributed by atoms with Crippen molar-refractivity contribution in [3.63, 3.8) is 0 Å². The summed E-state index contributed by atoms with van der Waals surface area (Å²) in [6, 6.07) is 5.41. The van der Waals surface area contributed by atoms with Crippen molar-refractivity contribution in [2.75, 3.05) is 6.61 Å². The Kier molecular flexibility index (Phi) is 5.05. The fourth-order valence-corrected chi connectivity index (χ4v) is 2.84. The summed E-state index contributed by atoms with van der Waals surface area (Å²) in [4.78, 5) is 14.0. The van der Waals surface area contributed by atoms with Crippen LogP contribution in [0.25, 0.3) is 0 Å². The standard InChI is InChI=1S/C14H11BrF3N3O5/c15-11-12(21(22)23)19-13-20(11)5-10(7-25-13)24-6-8-1-3-9(4-2-8)26-14(16,17)18/h1-4,10H,5-7H2/t10-/m0/s1. The monoisotopic (exact) mass is 437 g/mol. The lowest BCUT2D eigenvalue weighted by molar-refractivity contribution is -0.390. The van der Waals surface area contributed by atoms with Crippen LogP contribution >= 0.6 is 15.9 Å². The van der Waals surface area contributed by atoms with Gasteiger partial charge in [-0.05, 0) is 38.5 Å². The van der Waals surface area contributed by atoms with Gasteiger partial charge in [-0.25, -0.2) is 0 Å². The molecule has 1 aliphatic rings. The molecule has 0 N–H and O–H groups in total. The molecule has 8 nitrogen and oxygen atoms in total. The lowest BCUT2D eigenvalue weighted by atomic mass is 10.2. The average molecular weight is 438 g/mol. The summed E-state index contributed by atoms with van der Waals surface area (Å²) >= 11 is 3.11. The molecule has 0 spiro atoms. The third-order valence-corrected chi connectivity index (χ3v) is 4.24. The molecule has 26 heavy (non-hydrogen) atoms. The van der Waals surface area contributed by atoms with E-state index in [2.05, 4.69) is 25.7 Å². The Hall–Kier alpha value is -2.34. The second-order valence-electron chi connectivity index (χ2n) is 5.31. The van der Waals surface area contributed by atoms with E-state index in [1.54, 1.807) is 0 Å². The van der Waals surface area contributed by atoms with Crippen LogP contribution in [0.4, 0.5) is 19.0 Å². The van der Waals surface area contributed by atoms with Gasteiger partial charge in [-0.2, -0.15) is 0 Å². The number of halogens is 4. The van der Waals surface area contributed by atoms with E-state index in [0.717, 1.165) is 0 Å². The fraction of sp³-hybridized carbons (Fsp3) is 0.357. The highest BCUT2D eigenvalue weighted by Crippen LogP contribution is 2.32. The molecule has 2 heterocycles. The molecule has 140 valence electrons. The Bertz CT molecular complexity index is 809. The molecule has 0 aliphatic carbocycles. The summed E-state index contributed by atoms with van der Waals surface area (Å²) in [5.41, 5.74) is 0.640. The van der Waals surface area contributed by atoms with Crippen LogP contribution in [0.1, 0.15) is 5.56 Å². The maximum Gasteiger partial charge on any atom is 0.573 e. The molecule has 1 aromatic carbocycles. The summed E-state index contributed by atoms with van der Waals surface area (Å²) in [5.74, 6) is -0.664. The zero-order valence-corrected chi connectivity index (χ0v) is 14.5. The summed E-state index contributed by atoms with van der Waals surface area (Å²) in [6.07, 6.45) is -5.14. The maximum atomic E-state index is 12.1. The minimum atomic E-state index is -4.74. The highest BCUT2D eigenvalue weighted by atomic mass is 79.9. The Labute approximate surface area is 152 Å². The third kappa shape index (κ3) is 4.25. The van der Waals surface area contributed by atoms with Gasteiger partial charge in [-0.3, -0.25) is 4.57 Å². The summed E-state index contributed by atoms with van der Waals surface area (Å²) in [5, 5.41) is 10.9. The molecule has 0 fully saturated rings. The van der Waals surface area contributed by atoms with Crippen molar-refractivity contribution in [1.29, 1.82) is 0 Å². The Balaban J connectivity index is 1.59. The SMILES string of the molecule is O=[N+]([O-])c1nc2n(c1Br)C[C@H](OCc1ccc(OC(F)(F)F)cc1)CO2. The van der Waals surface area contributed by atoms with Crippen LogP contribution in [0.3, 0.4) is 0 Å². The molecule has 3 rings (SSSR count). The first kappa shape index (κ1) is 18.5. The van der Waals surface area contributed by atoms with E-state index in [1.807, 2.05) is 0 Å². The second-order valence-corrected chi connectivity index (χ2v) is 6.06. The number of nitro groups is 1. The van der Waals surface area contributed by atoms with E-state index >= 15 is 0 Å². The Morgan fingerprint density at radius 2 is 2.08 bits per heavy atom. The van der Waals surface area contributed by atoms with Crippen molar-refractivity contribution in [3.8, 4) is 11.8 Å². The van der Waals surface area contributed by atoms with Gasteiger partial charge in [0.25, 0.3) is 0 Å². The normalized spacial score (nSPS) is 16.7. The minimum absolute atomic E-state index is 0.122. The number of ether oxygens (including phenoxy) is 3. The molecule has 0 radical (unpaired) electrons. The zero-order valence-electron chi connectivity index (χ0n) is 12.9.